The first-order valence-electron chi connectivity index (χ1n) is 14.9. The molecular formula is C42H29NO. The van der Waals surface area contributed by atoms with Crippen LogP contribution in [-0.4, -0.2) is 0 Å². The van der Waals surface area contributed by atoms with E-state index in [0.717, 1.165) is 61.3 Å². The summed E-state index contributed by atoms with van der Waals surface area (Å²) < 4.78 is 6.40. The number of benzene rings is 7. The molecule has 0 saturated carbocycles. The van der Waals surface area contributed by atoms with Gasteiger partial charge in [-0.2, -0.15) is 0 Å². The third kappa shape index (κ3) is 4.63. The van der Waals surface area contributed by atoms with Crippen molar-refractivity contribution in [2.45, 2.75) is 0 Å². The normalized spacial score (nSPS) is 11.2. The number of anilines is 3. The van der Waals surface area contributed by atoms with Crippen molar-refractivity contribution in [1.29, 1.82) is 0 Å². The third-order valence-corrected chi connectivity index (χ3v) is 8.28. The summed E-state index contributed by atoms with van der Waals surface area (Å²) in [5.41, 5.74) is 12.0. The largest absolute Gasteiger partial charge is 0.456 e. The van der Waals surface area contributed by atoms with Crippen LogP contribution in [0.4, 0.5) is 17.1 Å². The number of rotatable bonds is 6. The SMILES string of the molecule is c1ccc(-c2ccc(N(c3ccc4c(c3)oc3ccccc34)c3c(-c4ccccc4)cccc3-c3ccccc3)cc2)cc1. The van der Waals surface area contributed by atoms with Gasteiger partial charge in [-0.25, -0.2) is 0 Å². The van der Waals surface area contributed by atoms with Gasteiger partial charge in [-0.05, 0) is 52.6 Å². The lowest BCUT2D eigenvalue weighted by molar-refractivity contribution is 0.669. The zero-order chi connectivity index (χ0) is 29.3. The number of fused-ring (bicyclic) bond motifs is 3. The molecule has 0 aliphatic carbocycles. The van der Waals surface area contributed by atoms with Crippen LogP contribution in [0.25, 0.3) is 55.3 Å². The quantitative estimate of drug-likeness (QED) is 0.200. The molecule has 44 heavy (non-hydrogen) atoms. The average molecular weight is 564 g/mol. The standard InChI is InChI=1S/C42H29NO/c1-4-13-30(14-5-1)31-23-25-34(26-24-31)43(35-27-28-39-38-19-10-11-22-40(38)44-41(39)29-35)42-36(32-15-6-2-7-16-32)20-12-21-37(42)33-17-8-3-9-18-33/h1-29H. The van der Waals surface area contributed by atoms with E-state index in [0.29, 0.717) is 0 Å². The summed E-state index contributed by atoms with van der Waals surface area (Å²) in [5.74, 6) is 0. The van der Waals surface area contributed by atoms with Crippen LogP contribution in [0.3, 0.4) is 0 Å². The highest BCUT2D eigenvalue weighted by Gasteiger charge is 2.23. The minimum Gasteiger partial charge on any atom is -0.456 e. The molecule has 0 radical (unpaired) electrons. The molecule has 0 aliphatic rings. The Balaban J connectivity index is 1.40. The first kappa shape index (κ1) is 25.8. The molecule has 2 heteroatoms. The predicted octanol–water partition coefficient (Wildman–Crippen LogP) is 12.1. The molecule has 0 N–H and O–H groups in total. The lowest BCUT2D eigenvalue weighted by Gasteiger charge is -2.30. The van der Waals surface area contributed by atoms with Crippen molar-refractivity contribution in [3.8, 4) is 33.4 Å². The highest BCUT2D eigenvalue weighted by molar-refractivity contribution is 6.07. The first-order chi connectivity index (χ1) is 21.8. The monoisotopic (exact) mass is 563 g/mol. The number of hydrogen-bond acceptors (Lipinski definition) is 2. The lowest BCUT2D eigenvalue weighted by Crippen LogP contribution is -2.12. The topological polar surface area (TPSA) is 16.4 Å². The summed E-state index contributed by atoms with van der Waals surface area (Å²) in [6.45, 7) is 0. The molecule has 7 aromatic carbocycles. The minimum atomic E-state index is 0.869. The molecule has 0 amide bonds. The van der Waals surface area contributed by atoms with E-state index < -0.39 is 0 Å². The Morgan fingerprint density at radius 3 is 1.48 bits per heavy atom. The van der Waals surface area contributed by atoms with Gasteiger partial charge < -0.3 is 9.32 Å². The fraction of sp³-hybridized carbons (Fsp3) is 0. The average Bonchev–Trinajstić information content (AvgIpc) is 3.48. The van der Waals surface area contributed by atoms with Crippen LogP contribution in [0.1, 0.15) is 0 Å². The molecule has 2 nitrogen and oxygen atoms in total. The fourth-order valence-corrected chi connectivity index (χ4v) is 6.18. The molecule has 8 rings (SSSR count). The summed E-state index contributed by atoms with van der Waals surface area (Å²) in [5, 5.41) is 2.24. The summed E-state index contributed by atoms with van der Waals surface area (Å²) in [6.07, 6.45) is 0. The molecule has 0 atom stereocenters. The van der Waals surface area contributed by atoms with E-state index in [1.165, 1.54) is 11.1 Å². The van der Waals surface area contributed by atoms with Gasteiger partial charge in [-0.15, -0.1) is 0 Å². The summed E-state index contributed by atoms with van der Waals surface area (Å²) in [6, 6.07) is 62.1. The van der Waals surface area contributed by atoms with Crippen molar-refractivity contribution in [3.63, 3.8) is 0 Å². The van der Waals surface area contributed by atoms with E-state index >= 15 is 0 Å². The molecule has 0 saturated heterocycles. The Morgan fingerprint density at radius 2 is 0.841 bits per heavy atom. The van der Waals surface area contributed by atoms with E-state index in [2.05, 4.69) is 169 Å². The van der Waals surface area contributed by atoms with Gasteiger partial charge in [0.15, 0.2) is 0 Å². The van der Waals surface area contributed by atoms with Crippen LogP contribution in [0.5, 0.6) is 0 Å². The number of furan rings is 1. The van der Waals surface area contributed by atoms with E-state index in [-0.39, 0.29) is 0 Å². The van der Waals surface area contributed by atoms with E-state index in [1.807, 2.05) is 12.1 Å². The second-order valence-corrected chi connectivity index (χ2v) is 11.0. The van der Waals surface area contributed by atoms with Crippen LogP contribution in [0.15, 0.2) is 180 Å². The lowest BCUT2D eigenvalue weighted by atomic mass is 9.94. The third-order valence-electron chi connectivity index (χ3n) is 8.28. The Morgan fingerprint density at radius 1 is 0.341 bits per heavy atom. The summed E-state index contributed by atoms with van der Waals surface area (Å²) in [4.78, 5) is 2.38. The van der Waals surface area contributed by atoms with E-state index in [9.17, 15) is 0 Å². The Hall–Kier alpha value is -5.86. The number of para-hydroxylation sites is 2. The van der Waals surface area contributed by atoms with E-state index in [4.69, 9.17) is 4.42 Å². The highest BCUT2D eigenvalue weighted by Crippen LogP contribution is 2.47. The van der Waals surface area contributed by atoms with Crippen molar-refractivity contribution in [2.24, 2.45) is 0 Å². The van der Waals surface area contributed by atoms with Gasteiger partial charge >= 0.3 is 0 Å². The van der Waals surface area contributed by atoms with Gasteiger partial charge in [0.25, 0.3) is 0 Å². The maximum Gasteiger partial charge on any atom is 0.137 e. The molecule has 0 unspecified atom stereocenters. The second-order valence-electron chi connectivity index (χ2n) is 11.0. The van der Waals surface area contributed by atoms with Gasteiger partial charge in [0.05, 0.1) is 5.69 Å². The Bertz CT molecular complexity index is 2140. The van der Waals surface area contributed by atoms with E-state index in [1.54, 1.807) is 0 Å². The number of nitrogens with zero attached hydrogens (tertiary/aromatic N) is 1. The van der Waals surface area contributed by atoms with Gasteiger partial charge in [-0.1, -0.05) is 140 Å². The van der Waals surface area contributed by atoms with Crippen LogP contribution in [0.2, 0.25) is 0 Å². The Kier molecular flexibility index (Phi) is 6.51. The minimum absolute atomic E-state index is 0.869. The molecule has 0 spiro atoms. The van der Waals surface area contributed by atoms with Crippen LogP contribution < -0.4 is 4.90 Å². The van der Waals surface area contributed by atoms with Gasteiger partial charge in [0.1, 0.15) is 11.2 Å². The van der Waals surface area contributed by atoms with Crippen molar-refractivity contribution in [2.75, 3.05) is 4.90 Å². The van der Waals surface area contributed by atoms with Crippen LogP contribution in [-0.2, 0) is 0 Å². The second kappa shape index (κ2) is 11.1. The molecule has 0 aliphatic heterocycles. The van der Waals surface area contributed by atoms with Crippen molar-refractivity contribution in [3.05, 3.63) is 176 Å². The molecule has 208 valence electrons. The van der Waals surface area contributed by atoms with Gasteiger partial charge in [-0.3, -0.25) is 0 Å². The molecule has 1 heterocycles. The molecule has 0 bridgehead atoms. The molecule has 0 fully saturated rings. The predicted molar refractivity (Wildman–Crippen MR) is 185 cm³/mol. The molecular weight excluding hydrogens is 534 g/mol. The molecule has 1 aromatic heterocycles. The summed E-state index contributed by atoms with van der Waals surface area (Å²) in [7, 11) is 0. The molecule has 8 aromatic rings. The highest BCUT2D eigenvalue weighted by atomic mass is 16.3. The maximum absolute atomic E-state index is 6.40. The zero-order valence-corrected chi connectivity index (χ0v) is 24.1. The van der Waals surface area contributed by atoms with Crippen LogP contribution in [0, 0.1) is 0 Å². The number of hydrogen-bond donors (Lipinski definition) is 0. The van der Waals surface area contributed by atoms with Crippen LogP contribution >= 0.6 is 0 Å². The van der Waals surface area contributed by atoms with Crippen molar-refractivity contribution < 1.29 is 4.42 Å². The first-order valence-corrected chi connectivity index (χ1v) is 14.9. The zero-order valence-electron chi connectivity index (χ0n) is 24.1. The van der Waals surface area contributed by atoms with Crippen molar-refractivity contribution in [1.82, 2.24) is 0 Å². The fourth-order valence-electron chi connectivity index (χ4n) is 6.18. The van der Waals surface area contributed by atoms with Gasteiger partial charge in [0.2, 0.25) is 0 Å². The maximum atomic E-state index is 6.40. The smallest absolute Gasteiger partial charge is 0.137 e. The Labute approximate surface area is 257 Å². The van der Waals surface area contributed by atoms with Crippen molar-refractivity contribution >= 4 is 39.0 Å². The van der Waals surface area contributed by atoms with Gasteiger partial charge in [0, 0.05) is 39.3 Å². The summed E-state index contributed by atoms with van der Waals surface area (Å²) >= 11 is 0.